The van der Waals surface area contributed by atoms with E-state index >= 15 is 0 Å². The quantitative estimate of drug-likeness (QED) is 0.222. The van der Waals surface area contributed by atoms with Gasteiger partial charge in [0, 0.05) is 11.6 Å². The minimum absolute atomic E-state index is 0.0125. The summed E-state index contributed by atoms with van der Waals surface area (Å²) in [6, 6.07) is 3.42. The molecule has 0 saturated carbocycles. The van der Waals surface area contributed by atoms with Gasteiger partial charge in [-0.1, -0.05) is 13.0 Å². The lowest BCUT2D eigenvalue weighted by molar-refractivity contribution is -0.325. The molecule has 0 radical (unpaired) electrons. The summed E-state index contributed by atoms with van der Waals surface area (Å²) < 4.78 is 10.5. The van der Waals surface area contributed by atoms with Crippen LogP contribution in [0.1, 0.15) is 24.8 Å². The standard InChI is InChI=1S/C18H18O9/c1-3-8(18(23,24)25)7-4-5-9(19)12-15(22)13-10(20)6-11(26-2)14(21)17(13)27-16(7)12/h4-6,8,19-21,23-25H,3H2,1-2H3. The number of aromatic hydroxyl groups is 3. The third-order valence-corrected chi connectivity index (χ3v) is 4.49. The molecular formula is C18H18O9. The van der Waals surface area contributed by atoms with Crippen molar-refractivity contribution < 1.29 is 39.8 Å². The lowest BCUT2D eigenvalue weighted by Gasteiger charge is -2.25. The molecule has 9 heteroatoms. The van der Waals surface area contributed by atoms with Crippen LogP contribution >= 0.6 is 0 Å². The van der Waals surface area contributed by atoms with E-state index < -0.39 is 40.2 Å². The van der Waals surface area contributed by atoms with Crippen molar-refractivity contribution in [2.45, 2.75) is 25.2 Å². The number of benzene rings is 2. The van der Waals surface area contributed by atoms with E-state index in [2.05, 4.69) is 0 Å². The Hall–Kier alpha value is -3.01. The molecule has 0 amide bonds. The normalized spacial score (nSPS) is 13.2. The van der Waals surface area contributed by atoms with Gasteiger partial charge in [-0.2, -0.15) is 0 Å². The predicted octanol–water partition coefficient (Wildman–Crippen LogP) is 1.20. The second kappa shape index (κ2) is 6.31. The summed E-state index contributed by atoms with van der Waals surface area (Å²) in [5, 5.41) is 58.8. The fourth-order valence-corrected chi connectivity index (χ4v) is 3.21. The van der Waals surface area contributed by atoms with Crippen LogP contribution in [0.3, 0.4) is 0 Å². The average Bonchev–Trinajstić information content (AvgIpc) is 2.59. The maximum atomic E-state index is 12.9. The van der Waals surface area contributed by atoms with Crippen LogP contribution < -0.4 is 10.2 Å². The summed E-state index contributed by atoms with van der Waals surface area (Å²) in [6.07, 6.45) is 0.0421. The summed E-state index contributed by atoms with van der Waals surface area (Å²) in [4.78, 5) is 12.9. The molecule has 0 saturated heterocycles. The van der Waals surface area contributed by atoms with Crippen LogP contribution in [0.15, 0.2) is 27.4 Å². The first-order chi connectivity index (χ1) is 12.6. The molecule has 9 nitrogen and oxygen atoms in total. The van der Waals surface area contributed by atoms with Crippen molar-refractivity contribution in [3.8, 4) is 23.0 Å². The molecule has 0 bridgehead atoms. The molecule has 0 spiro atoms. The summed E-state index contributed by atoms with van der Waals surface area (Å²) in [7, 11) is 1.24. The predicted molar refractivity (Wildman–Crippen MR) is 94.0 cm³/mol. The Balaban J connectivity index is 2.55. The first kappa shape index (κ1) is 18.8. The lowest BCUT2D eigenvalue weighted by Crippen LogP contribution is -2.35. The summed E-state index contributed by atoms with van der Waals surface area (Å²) >= 11 is 0. The first-order valence-corrected chi connectivity index (χ1v) is 8.00. The number of ether oxygens (including phenoxy) is 1. The molecule has 0 aliphatic heterocycles. The number of phenols is 3. The molecule has 0 fully saturated rings. The van der Waals surface area contributed by atoms with Crippen LogP contribution in [0.4, 0.5) is 0 Å². The van der Waals surface area contributed by atoms with E-state index in [1.54, 1.807) is 6.92 Å². The number of phenolic OH excluding ortho intramolecular Hbond substituents is 3. The molecule has 2 aromatic carbocycles. The van der Waals surface area contributed by atoms with Gasteiger partial charge in [-0.15, -0.1) is 0 Å². The van der Waals surface area contributed by atoms with Crippen molar-refractivity contribution in [1.82, 2.24) is 0 Å². The minimum Gasteiger partial charge on any atom is -0.507 e. The van der Waals surface area contributed by atoms with E-state index in [4.69, 9.17) is 9.15 Å². The van der Waals surface area contributed by atoms with Crippen LogP contribution in [0.5, 0.6) is 23.0 Å². The van der Waals surface area contributed by atoms with Gasteiger partial charge in [-0.25, -0.2) is 0 Å². The summed E-state index contributed by atoms with van der Waals surface area (Å²) in [6.45, 7) is 1.56. The number of aliphatic hydroxyl groups is 3. The highest BCUT2D eigenvalue weighted by Gasteiger charge is 2.35. The van der Waals surface area contributed by atoms with Crippen LogP contribution in [-0.2, 0) is 0 Å². The van der Waals surface area contributed by atoms with Gasteiger partial charge in [0.2, 0.25) is 11.2 Å². The van der Waals surface area contributed by atoms with E-state index in [0.29, 0.717) is 0 Å². The van der Waals surface area contributed by atoms with Crippen molar-refractivity contribution in [3.63, 3.8) is 0 Å². The lowest BCUT2D eigenvalue weighted by atomic mass is 9.91. The molecule has 1 atom stereocenters. The molecule has 144 valence electrons. The van der Waals surface area contributed by atoms with Crippen molar-refractivity contribution in [2.24, 2.45) is 0 Å². The Morgan fingerprint density at radius 3 is 2.26 bits per heavy atom. The molecule has 0 aliphatic carbocycles. The van der Waals surface area contributed by atoms with Gasteiger partial charge in [0.05, 0.1) is 13.0 Å². The van der Waals surface area contributed by atoms with Gasteiger partial charge in [0.1, 0.15) is 27.9 Å². The highest BCUT2D eigenvalue weighted by molar-refractivity contribution is 6.00. The molecule has 1 heterocycles. The Bertz CT molecular complexity index is 1090. The van der Waals surface area contributed by atoms with Crippen LogP contribution in [-0.4, -0.2) is 43.7 Å². The maximum Gasteiger partial charge on any atom is 0.282 e. The van der Waals surface area contributed by atoms with E-state index in [-0.39, 0.29) is 34.1 Å². The molecular weight excluding hydrogens is 360 g/mol. The Labute approximate surface area is 151 Å². The molecule has 6 N–H and O–H groups in total. The van der Waals surface area contributed by atoms with E-state index in [1.807, 2.05) is 0 Å². The smallest absolute Gasteiger partial charge is 0.282 e. The van der Waals surface area contributed by atoms with Gasteiger partial charge in [0.25, 0.3) is 5.97 Å². The zero-order valence-corrected chi connectivity index (χ0v) is 14.4. The molecule has 3 aromatic rings. The van der Waals surface area contributed by atoms with Crippen molar-refractivity contribution in [2.75, 3.05) is 7.11 Å². The van der Waals surface area contributed by atoms with Crippen molar-refractivity contribution in [3.05, 3.63) is 34.0 Å². The van der Waals surface area contributed by atoms with E-state index in [9.17, 15) is 35.4 Å². The van der Waals surface area contributed by atoms with E-state index in [1.165, 1.54) is 13.2 Å². The second-order valence-electron chi connectivity index (χ2n) is 6.11. The van der Waals surface area contributed by atoms with Gasteiger partial charge in [-0.05, 0) is 12.5 Å². The number of hydrogen-bond acceptors (Lipinski definition) is 9. The molecule has 1 aromatic heterocycles. The second-order valence-corrected chi connectivity index (χ2v) is 6.11. The minimum atomic E-state index is -3.12. The third-order valence-electron chi connectivity index (χ3n) is 4.49. The van der Waals surface area contributed by atoms with Crippen LogP contribution in [0.2, 0.25) is 0 Å². The molecule has 3 rings (SSSR count). The average molecular weight is 378 g/mol. The zero-order valence-electron chi connectivity index (χ0n) is 14.4. The number of hydrogen-bond donors (Lipinski definition) is 6. The fraction of sp³-hybridized carbons (Fsp3) is 0.278. The van der Waals surface area contributed by atoms with Gasteiger partial charge >= 0.3 is 0 Å². The first-order valence-electron chi connectivity index (χ1n) is 8.00. The van der Waals surface area contributed by atoms with Gasteiger partial charge in [0.15, 0.2) is 11.3 Å². The summed E-state index contributed by atoms with van der Waals surface area (Å²) in [5.41, 5.74) is -1.52. The zero-order chi connectivity index (χ0) is 20.1. The molecule has 0 aliphatic rings. The van der Waals surface area contributed by atoms with Crippen LogP contribution in [0.25, 0.3) is 21.9 Å². The fourth-order valence-electron chi connectivity index (χ4n) is 3.21. The SMILES string of the molecule is CCC(c1ccc(O)c2c(=O)c3c(O)cc(OC)c(O)c3oc12)C(O)(O)O. The Morgan fingerprint density at radius 2 is 1.70 bits per heavy atom. The topological polar surface area (TPSA) is 161 Å². The number of rotatable bonds is 4. The Kier molecular flexibility index (Phi) is 4.38. The largest absolute Gasteiger partial charge is 0.507 e. The number of methoxy groups -OCH3 is 1. The third kappa shape index (κ3) is 2.81. The van der Waals surface area contributed by atoms with Gasteiger partial charge < -0.3 is 39.8 Å². The van der Waals surface area contributed by atoms with Crippen molar-refractivity contribution in [1.29, 1.82) is 0 Å². The van der Waals surface area contributed by atoms with Gasteiger partial charge in [-0.3, -0.25) is 4.79 Å². The van der Waals surface area contributed by atoms with Crippen molar-refractivity contribution >= 4 is 21.9 Å². The Morgan fingerprint density at radius 1 is 1.07 bits per heavy atom. The highest BCUT2D eigenvalue weighted by Crippen LogP contribution is 2.43. The highest BCUT2D eigenvalue weighted by atomic mass is 16.7. The monoisotopic (exact) mass is 378 g/mol. The van der Waals surface area contributed by atoms with E-state index in [0.717, 1.165) is 12.1 Å². The van der Waals surface area contributed by atoms with Crippen LogP contribution in [0, 0.1) is 0 Å². The molecule has 1 unspecified atom stereocenters. The molecule has 27 heavy (non-hydrogen) atoms. The summed E-state index contributed by atoms with van der Waals surface area (Å²) in [5.74, 6) is -6.14. The maximum absolute atomic E-state index is 12.9. The number of fused-ring (bicyclic) bond motifs is 2.